The van der Waals surface area contributed by atoms with E-state index in [1.54, 1.807) is 0 Å². The first kappa shape index (κ1) is 17.3. The van der Waals surface area contributed by atoms with Gasteiger partial charge in [0.25, 0.3) is 0 Å². The number of hydrogen-bond acceptors (Lipinski definition) is 2. The molecule has 0 saturated heterocycles. The fourth-order valence-electron chi connectivity index (χ4n) is 2.61. The van der Waals surface area contributed by atoms with Crippen LogP contribution in [0.1, 0.15) is 53.4 Å². The van der Waals surface area contributed by atoms with E-state index in [9.17, 15) is 0 Å². The molecule has 0 heterocycles. The maximum Gasteiger partial charge on any atom is 0.191 e. The molecule has 0 aromatic carbocycles. The summed E-state index contributed by atoms with van der Waals surface area (Å²) in [6.45, 7) is 12.2. The standard InChI is InChI=1S/C16H34N4/c1-6-14(7-2)12-19-16(17-5)18-10-11-20(13(3)4)15-8-9-15/h13-15H,6-12H2,1-5H3,(H2,17,18,19). The third kappa shape index (κ3) is 6.12. The lowest BCUT2D eigenvalue weighted by molar-refractivity contribution is 0.215. The number of nitrogens with one attached hydrogen (secondary N) is 2. The highest BCUT2D eigenvalue weighted by Crippen LogP contribution is 2.27. The van der Waals surface area contributed by atoms with Crippen LogP contribution < -0.4 is 10.6 Å². The molecule has 118 valence electrons. The van der Waals surface area contributed by atoms with E-state index in [2.05, 4.69) is 48.2 Å². The minimum absolute atomic E-state index is 0.642. The van der Waals surface area contributed by atoms with Crippen LogP contribution in [0.15, 0.2) is 4.99 Å². The molecular formula is C16H34N4. The van der Waals surface area contributed by atoms with Gasteiger partial charge in [-0.15, -0.1) is 0 Å². The predicted octanol–water partition coefficient (Wildman–Crippen LogP) is 2.46. The normalized spacial score (nSPS) is 16.3. The maximum absolute atomic E-state index is 4.31. The van der Waals surface area contributed by atoms with Gasteiger partial charge in [0.05, 0.1) is 0 Å². The number of nitrogens with zero attached hydrogens (tertiary/aromatic N) is 2. The molecule has 1 saturated carbocycles. The first-order valence-corrected chi connectivity index (χ1v) is 8.32. The van der Waals surface area contributed by atoms with Crippen LogP contribution in [0.4, 0.5) is 0 Å². The van der Waals surface area contributed by atoms with Gasteiger partial charge < -0.3 is 10.6 Å². The Balaban J connectivity index is 2.23. The van der Waals surface area contributed by atoms with Crippen molar-refractivity contribution in [1.29, 1.82) is 0 Å². The molecule has 0 aliphatic heterocycles. The van der Waals surface area contributed by atoms with E-state index in [0.717, 1.165) is 37.6 Å². The quantitative estimate of drug-likeness (QED) is 0.504. The number of aliphatic imine (C=N–C) groups is 1. The van der Waals surface area contributed by atoms with E-state index in [1.165, 1.54) is 25.7 Å². The summed E-state index contributed by atoms with van der Waals surface area (Å²) in [5, 5.41) is 6.88. The van der Waals surface area contributed by atoms with Crippen LogP contribution in [-0.4, -0.2) is 49.6 Å². The lowest BCUT2D eigenvalue weighted by Gasteiger charge is -2.26. The van der Waals surface area contributed by atoms with Crippen molar-refractivity contribution >= 4 is 5.96 Å². The Labute approximate surface area is 125 Å². The molecule has 4 heteroatoms. The summed E-state index contributed by atoms with van der Waals surface area (Å²) in [6.07, 6.45) is 5.20. The molecule has 0 aromatic heterocycles. The van der Waals surface area contributed by atoms with Crippen molar-refractivity contribution in [3.8, 4) is 0 Å². The largest absolute Gasteiger partial charge is 0.356 e. The zero-order valence-electron chi connectivity index (χ0n) is 14.1. The lowest BCUT2D eigenvalue weighted by atomic mass is 10.0. The van der Waals surface area contributed by atoms with Crippen molar-refractivity contribution in [3.63, 3.8) is 0 Å². The van der Waals surface area contributed by atoms with Gasteiger partial charge in [0.2, 0.25) is 0 Å². The lowest BCUT2D eigenvalue weighted by Crippen LogP contribution is -2.44. The molecular weight excluding hydrogens is 248 g/mol. The van der Waals surface area contributed by atoms with Gasteiger partial charge in [-0.3, -0.25) is 9.89 Å². The molecule has 0 amide bonds. The van der Waals surface area contributed by atoms with Gasteiger partial charge in [-0.25, -0.2) is 0 Å². The predicted molar refractivity (Wildman–Crippen MR) is 88.3 cm³/mol. The van der Waals surface area contributed by atoms with E-state index < -0.39 is 0 Å². The molecule has 0 spiro atoms. The fourth-order valence-corrected chi connectivity index (χ4v) is 2.61. The van der Waals surface area contributed by atoms with E-state index in [1.807, 2.05) is 7.05 Å². The SMILES string of the molecule is CCC(CC)CNC(=NC)NCCN(C(C)C)C1CC1. The van der Waals surface area contributed by atoms with Crippen LogP contribution >= 0.6 is 0 Å². The first-order chi connectivity index (χ1) is 9.62. The van der Waals surface area contributed by atoms with Crippen molar-refractivity contribution < 1.29 is 0 Å². The summed E-state index contributed by atoms with van der Waals surface area (Å²) >= 11 is 0. The molecule has 4 nitrogen and oxygen atoms in total. The number of rotatable bonds is 9. The highest BCUT2D eigenvalue weighted by atomic mass is 15.2. The van der Waals surface area contributed by atoms with Crippen molar-refractivity contribution in [2.75, 3.05) is 26.7 Å². The Morgan fingerprint density at radius 1 is 1.20 bits per heavy atom. The van der Waals surface area contributed by atoms with Crippen LogP contribution in [0, 0.1) is 5.92 Å². The molecule has 0 bridgehead atoms. The summed E-state index contributed by atoms with van der Waals surface area (Å²) < 4.78 is 0. The monoisotopic (exact) mass is 282 g/mol. The van der Waals surface area contributed by atoms with Gasteiger partial charge in [0.1, 0.15) is 0 Å². The van der Waals surface area contributed by atoms with E-state index in [-0.39, 0.29) is 0 Å². The van der Waals surface area contributed by atoms with Gasteiger partial charge in [-0.2, -0.15) is 0 Å². The molecule has 1 fully saturated rings. The van der Waals surface area contributed by atoms with Crippen LogP contribution in [0.25, 0.3) is 0 Å². The smallest absolute Gasteiger partial charge is 0.191 e. The Morgan fingerprint density at radius 2 is 1.85 bits per heavy atom. The van der Waals surface area contributed by atoms with Gasteiger partial charge in [0.15, 0.2) is 5.96 Å². The molecule has 0 atom stereocenters. The van der Waals surface area contributed by atoms with E-state index in [0.29, 0.717) is 6.04 Å². The Kier molecular flexibility index (Phi) is 7.97. The Hall–Kier alpha value is -0.770. The zero-order chi connectivity index (χ0) is 15.0. The molecule has 0 unspecified atom stereocenters. The zero-order valence-corrected chi connectivity index (χ0v) is 14.1. The summed E-state index contributed by atoms with van der Waals surface area (Å²) in [7, 11) is 1.85. The van der Waals surface area contributed by atoms with Gasteiger partial charge in [-0.05, 0) is 32.6 Å². The van der Waals surface area contributed by atoms with Crippen LogP contribution in [0.2, 0.25) is 0 Å². The average molecular weight is 282 g/mol. The topological polar surface area (TPSA) is 39.7 Å². The Bertz CT molecular complexity index is 278. The van der Waals surface area contributed by atoms with E-state index in [4.69, 9.17) is 0 Å². The molecule has 20 heavy (non-hydrogen) atoms. The van der Waals surface area contributed by atoms with Crippen LogP contribution in [-0.2, 0) is 0 Å². The second kappa shape index (κ2) is 9.22. The van der Waals surface area contributed by atoms with E-state index >= 15 is 0 Å². The summed E-state index contributed by atoms with van der Waals surface area (Å²) in [5.74, 6) is 1.68. The minimum Gasteiger partial charge on any atom is -0.356 e. The van der Waals surface area contributed by atoms with Crippen molar-refractivity contribution in [2.45, 2.75) is 65.5 Å². The third-order valence-electron chi connectivity index (χ3n) is 4.28. The molecule has 0 radical (unpaired) electrons. The molecule has 1 aliphatic rings. The Morgan fingerprint density at radius 3 is 2.30 bits per heavy atom. The highest BCUT2D eigenvalue weighted by molar-refractivity contribution is 5.79. The second-order valence-electron chi connectivity index (χ2n) is 6.13. The first-order valence-electron chi connectivity index (χ1n) is 8.32. The molecule has 1 rings (SSSR count). The van der Waals surface area contributed by atoms with Crippen LogP contribution in [0.5, 0.6) is 0 Å². The molecule has 0 aromatic rings. The minimum atomic E-state index is 0.642. The third-order valence-corrected chi connectivity index (χ3v) is 4.28. The summed E-state index contributed by atoms with van der Waals surface area (Å²) in [5.41, 5.74) is 0. The number of guanidine groups is 1. The van der Waals surface area contributed by atoms with Crippen LogP contribution in [0.3, 0.4) is 0 Å². The van der Waals surface area contributed by atoms with Gasteiger partial charge in [0, 0.05) is 38.8 Å². The summed E-state index contributed by atoms with van der Waals surface area (Å²) in [6, 6.07) is 1.47. The average Bonchev–Trinajstić information content (AvgIpc) is 3.26. The van der Waals surface area contributed by atoms with Crippen molar-refractivity contribution in [1.82, 2.24) is 15.5 Å². The maximum atomic E-state index is 4.31. The highest BCUT2D eigenvalue weighted by Gasteiger charge is 2.30. The molecule has 2 N–H and O–H groups in total. The second-order valence-corrected chi connectivity index (χ2v) is 6.13. The van der Waals surface area contributed by atoms with Gasteiger partial charge in [-0.1, -0.05) is 26.7 Å². The summed E-state index contributed by atoms with van der Waals surface area (Å²) in [4.78, 5) is 6.91. The van der Waals surface area contributed by atoms with Gasteiger partial charge >= 0.3 is 0 Å². The number of hydrogen-bond donors (Lipinski definition) is 2. The fraction of sp³-hybridized carbons (Fsp3) is 0.938. The molecule has 1 aliphatic carbocycles. The van der Waals surface area contributed by atoms with Crippen molar-refractivity contribution in [2.24, 2.45) is 10.9 Å². The van der Waals surface area contributed by atoms with Crippen molar-refractivity contribution in [3.05, 3.63) is 0 Å².